The second-order valence-corrected chi connectivity index (χ2v) is 5.18. The number of carbonyl (C=O) groups excluding carboxylic acids is 2. The second kappa shape index (κ2) is 8.08. The average Bonchev–Trinajstić information content (AvgIpc) is 2.34. The van der Waals surface area contributed by atoms with Crippen LogP contribution < -0.4 is 10.6 Å². The lowest BCUT2D eigenvalue weighted by molar-refractivity contribution is -0.132. The first kappa shape index (κ1) is 15.0. The second-order valence-electron chi connectivity index (χ2n) is 5.18. The van der Waals surface area contributed by atoms with E-state index >= 15 is 0 Å². The van der Waals surface area contributed by atoms with Gasteiger partial charge in [0.2, 0.25) is 11.8 Å². The van der Waals surface area contributed by atoms with Crippen molar-refractivity contribution in [3.8, 4) is 0 Å². The van der Waals surface area contributed by atoms with Gasteiger partial charge in [0.15, 0.2) is 0 Å². The maximum atomic E-state index is 11.8. The Kier molecular flexibility index (Phi) is 6.72. The summed E-state index contributed by atoms with van der Waals surface area (Å²) in [5.74, 6) is 0.668. The molecule has 2 N–H and O–H groups in total. The molecule has 18 heavy (non-hydrogen) atoms. The third-order valence-corrected chi connectivity index (χ3v) is 2.95. The van der Waals surface area contributed by atoms with Crippen LogP contribution in [-0.2, 0) is 9.59 Å². The fourth-order valence-electron chi connectivity index (χ4n) is 1.98. The molecule has 2 amide bonds. The molecular formula is C13H25N3O2. The van der Waals surface area contributed by atoms with E-state index in [1.165, 1.54) is 0 Å². The highest BCUT2D eigenvalue weighted by molar-refractivity contribution is 5.77. The Morgan fingerprint density at radius 3 is 2.56 bits per heavy atom. The molecular weight excluding hydrogens is 230 g/mol. The number of hydrogen-bond donors (Lipinski definition) is 2. The molecule has 1 saturated heterocycles. The van der Waals surface area contributed by atoms with Gasteiger partial charge in [0.25, 0.3) is 0 Å². The fourth-order valence-corrected chi connectivity index (χ4v) is 1.98. The molecule has 1 heterocycles. The molecule has 0 spiro atoms. The average molecular weight is 255 g/mol. The molecule has 0 aromatic carbocycles. The van der Waals surface area contributed by atoms with E-state index in [1.54, 1.807) is 0 Å². The van der Waals surface area contributed by atoms with Gasteiger partial charge in [-0.15, -0.1) is 0 Å². The molecule has 0 aromatic rings. The van der Waals surface area contributed by atoms with Gasteiger partial charge in [-0.05, 0) is 12.3 Å². The summed E-state index contributed by atoms with van der Waals surface area (Å²) < 4.78 is 0. The van der Waals surface area contributed by atoms with Gasteiger partial charge >= 0.3 is 0 Å². The van der Waals surface area contributed by atoms with E-state index in [4.69, 9.17) is 0 Å². The van der Waals surface area contributed by atoms with E-state index in [9.17, 15) is 9.59 Å². The van der Waals surface area contributed by atoms with Crippen LogP contribution in [-0.4, -0.2) is 49.4 Å². The van der Waals surface area contributed by atoms with Gasteiger partial charge in [-0.3, -0.25) is 9.59 Å². The topological polar surface area (TPSA) is 61.4 Å². The maximum Gasteiger partial charge on any atom is 0.222 e. The van der Waals surface area contributed by atoms with E-state index in [-0.39, 0.29) is 11.8 Å². The lowest BCUT2D eigenvalue weighted by Crippen LogP contribution is -2.46. The minimum Gasteiger partial charge on any atom is -0.356 e. The van der Waals surface area contributed by atoms with Crippen molar-refractivity contribution in [3.63, 3.8) is 0 Å². The number of carbonyl (C=O) groups is 2. The summed E-state index contributed by atoms with van der Waals surface area (Å²) in [6.45, 7) is 8.02. The summed E-state index contributed by atoms with van der Waals surface area (Å²) in [5, 5.41) is 6.07. The van der Waals surface area contributed by atoms with E-state index in [0.717, 1.165) is 32.6 Å². The van der Waals surface area contributed by atoms with Gasteiger partial charge in [0.05, 0.1) is 0 Å². The van der Waals surface area contributed by atoms with Crippen molar-refractivity contribution in [2.75, 3.05) is 32.7 Å². The van der Waals surface area contributed by atoms with Crippen molar-refractivity contribution in [2.45, 2.75) is 33.1 Å². The van der Waals surface area contributed by atoms with E-state index in [2.05, 4.69) is 10.6 Å². The number of nitrogens with zero attached hydrogens (tertiary/aromatic N) is 1. The standard InChI is InChI=1S/C13H25N3O2/c1-11(2)10-12(17)15-5-3-4-13(18)16-8-6-14-7-9-16/h11,14H,3-10H2,1-2H3,(H,15,17). The van der Waals surface area contributed by atoms with Crippen LogP contribution in [0.2, 0.25) is 0 Å². The van der Waals surface area contributed by atoms with Gasteiger partial charge in [-0.2, -0.15) is 0 Å². The van der Waals surface area contributed by atoms with Crippen LogP contribution in [0, 0.1) is 5.92 Å². The summed E-state index contributed by atoms with van der Waals surface area (Å²) >= 11 is 0. The van der Waals surface area contributed by atoms with E-state index in [0.29, 0.717) is 25.3 Å². The molecule has 0 saturated carbocycles. The number of piperazine rings is 1. The van der Waals surface area contributed by atoms with Crippen molar-refractivity contribution in [3.05, 3.63) is 0 Å². The number of hydrogen-bond acceptors (Lipinski definition) is 3. The first-order valence-electron chi connectivity index (χ1n) is 6.85. The minimum absolute atomic E-state index is 0.0830. The fraction of sp³-hybridized carbons (Fsp3) is 0.846. The highest BCUT2D eigenvalue weighted by atomic mass is 16.2. The Morgan fingerprint density at radius 2 is 1.94 bits per heavy atom. The van der Waals surface area contributed by atoms with E-state index < -0.39 is 0 Å². The van der Waals surface area contributed by atoms with Gasteiger partial charge < -0.3 is 15.5 Å². The number of amides is 2. The third-order valence-electron chi connectivity index (χ3n) is 2.95. The zero-order chi connectivity index (χ0) is 13.4. The van der Waals surface area contributed by atoms with Gasteiger partial charge in [0.1, 0.15) is 0 Å². The Bertz CT molecular complexity index is 273. The molecule has 0 bridgehead atoms. The lowest BCUT2D eigenvalue weighted by Gasteiger charge is -2.27. The van der Waals surface area contributed by atoms with Gasteiger partial charge in [-0.25, -0.2) is 0 Å². The molecule has 5 nitrogen and oxygen atoms in total. The third kappa shape index (κ3) is 6.00. The maximum absolute atomic E-state index is 11.8. The highest BCUT2D eigenvalue weighted by Gasteiger charge is 2.15. The molecule has 0 atom stereocenters. The molecule has 0 aliphatic carbocycles. The predicted octanol–water partition coefficient (Wildman–Crippen LogP) is 0.361. The van der Waals surface area contributed by atoms with Gasteiger partial charge in [0, 0.05) is 45.6 Å². The van der Waals surface area contributed by atoms with Crippen LogP contribution in [0.1, 0.15) is 33.1 Å². The van der Waals surface area contributed by atoms with Crippen LogP contribution in [0.15, 0.2) is 0 Å². The Hall–Kier alpha value is -1.10. The first-order valence-corrected chi connectivity index (χ1v) is 6.85. The Balaban J connectivity index is 2.06. The lowest BCUT2D eigenvalue weighted by atomic mass is 10.1. The monoisotopic (exact) mass is 255 g/mol. The summed E-state index contributed by atoms with van der Waals surface area (Å²) in [6, 6.07) is 0. The van der Waals surface area contributed by atoms with Crippen molar-refractivity contribution in [2.24, 2.45) is 5.92 Å². The molecule has 0 unspecified atom stereocenters. The molecule has 1 rings (SSSR count). The molecule has 0 aromatic heterocycles. The smallest absolute Gasteiger partial charge is 0.222 e. The number of nitrogens with one attached hydrogen (secondary N) is 2. The number of rotatable bonds is 6. The summed E-state index contributed by atoms with van der Waals surface area (Å²) in [7, 11) is 0. The normalized spacial score (nSPS) is 15.8. The van der Waals surface area contributed by atoms with Crippen molar-refractivity contribution < 1.29 is 9.59 Å². The van der Waals surface area contributed by atoms with Crippen LogP contribution in [0.25, 0.3) is 0 Å². The summed E-state index contributed by atoms with van der Waals surface area (Å²) in [4.78, 5) is 25.1. The quantitative estimate of drug-likeness (QED) is 0.674. The zero-order valence-electron chi connectivity index (χ0n) is 11.5. The Labute approximate surface area is 109 Å². The highest BCUT2D eigenvalue weighted by Crippen LogP contribution is 2.01. The van der Waals surface area contributed by atoms with Crippen LogP contribution in [0.5, 0.6) is 0 Å². The predicted molar refractivity (Wildman–Crippen MR) is 71.1 cm³/mol. The molecule has 1 fully saturated rings. The SMILES string of the molecule is CC(C)CC(=O)NCCCC(=O)N1CCNCC1. The van der Waals surface area contributed by atoms with Crippen LogP contribution >= 0.6 is 0 Å². The van der Waals surface area contributed by atoms with E-state index in [1.807, 2.05) is 18.7 Å². The van der Waals surface area contributed by atoms with Gasteiger partial charge in [-0.1, -0.05) is 13.8 Å². The molecule has 1 aliphatic rings. The molecule has 104 valence electrons. The summed E-state index contributed by atoms with van der Waals surface area (Å²) in [6.07, 6.45) is 1.82. The van der Waals surface area contributed by atoms with Crippen molar-refractivity contribution in [1.29, 1.82) is 0 Å². The summed E-state index contributed by atoms with van der Waals surface area (Å²) in [5.41, 5.74) is 0. The largest absolute Gasteiger partial charge is 0.356 e. The van der Waals surface area contributed by atoms with Crippen molar-refractivity contribution >= 4 is 11.8 Å². The van der Waals surface area contributed by atoms with Crippen LogP contribution in [0.4, 0.5) is 0 Å². The molecule has 0 radical (unpaired) electrons. The van der Waals surface area contributed by atoms with Crippen LogP contribution in [0.3, 0.4) is 0 Å². The zero-order valence-corrected chi connectivity index (χ0v) is 11.5. The Morgan fingerprint density at radius 1 is 1.28 bits per heavy atom. The molecule has 1 aliphatic heterocycles. The first-order chi connectivity index (χ1) is 8.59. The van der Waals surface area contributed by atoms with Crippen molar-refractivity contribution in [1.82, 2.24) is 15.5 Å². The minimum atomic E-state index is 0.0830. The molecule has 5 heteroatoms.